The van der Waals surface area contributed by atoms with Gasteiger partial charge in [0, 0.05) is 5.41 Å². The van der Waals surface area contributed by atoms with Gasteiger partial charge in [0.25, 0.3) is 0 Å². The quantitative estimate of drug-likeness (QED) is 0.546. The summed E-state index contributed by atoms with van der Waals surface area (Å²) in [5, 5.41) is 10.1. The van der Waals surface area contributed by atoms with Gasteiger partial charge in [0.1, 0.15) is 17.2 Å². The van der Waals surface area contributed by atoms with Crippen molar-refractivity contribution < 1.29 is 14.3 Å². The molecule has 0 amide bonds. The van der Waals surface area contributed by atoms with Crippen LogP contribution in [0.5, 0.6) is 11.6 Å². The van der Waals surface area contributed by atoms with Crippen LogP contribution < -0.4 is 9.47 Å². The predicted octanol–water partition coefficient (Wildman–Crippen LogP) is 6.08. The number of rotatable bonds is 3. The number of carbonyl (C=O) groups excluding carboxylic acids is 1. The third kappa shape index (κ3) is 4.83. The standard InChI is InChI=1S/C22H24Cl2N2O3/c1-21(2,3)13-10-16(22(4,5)6)26-19(12(13)11-25)29-20(27)17-14(23)8-9-15(24)18(17)28-7/h8-10H,1-7H3. The summed E-state index contributed by atoms with van der Waals surface area (Å²) in [5.41, 5.74) is 0.947. The average Bonchev–Trinajstić information content (AvgIpc) is 2.60. The lowest BCUT2D eigenvalue weighted by atomic mass is 9.81. The van der Waals surface area contributed by atoms with E-state index in [2.05, 4.69) is 11.1 Å². The minimum Gasteiger partial charge on any atom is -0.494 e. The molecule has 0 saturated heterocycles. The van der Waals surface area contributed by atoms with E-state index >= 15 is 0 Å². The third-order valence-corrected chi connectivity index (χ3v) is 4.94. The molecule has 2 rings (SSSR count). The van der Waals surface area contributed by atoms with Crippen LogP contribution in [-0.4, -0.2) is 18.1 Å². The van der Waals surface area contributed by atoms with E-state index in [1.807, 2.05) is 47.6 Å². The Hall–Kier alpha value is -2.29. The molecule has 0 aliphatic carbocycles. The minimum absolute atomic E-state index is 0.0224. The number of carbonyl (C=O) groups is 1. The van der Waals surface area contributed by atoms with Gasteiger partial charge in [-0.3, -0.25) is 0 Å². The van der Waals surface area contributed by atoms with E-state index in [1.165, 1.54) is 19.2 Å². The normalized spacial score (nSPS) is 11.7. The number of aromatic nitrogens is 1. The van der Waals surface area contributed by atoms with Gasteiger partial charge in [-0.2, -0.15) is 5.26 Å². The molecule has 1 heterocycles. The van der Waals surface area contributed by atoms with Crippen LogP contribution in [0.15, 0.2) is 18.2 Å². The highest BCUT2D eigenvalue weighted by molar-refractivity contribution is 6.37. The van der Waals surface area contributed by atoms with Gasteiger partial charge >= 0.3 is 5.97 Å². The molecule has 0 bridgehead atoms. The van der Waals surface area contributed by atoms with Gasteiger partial charge in [-0.05, 0) is 29.2 Å². The molecule has 0 saturated carbocycles. The van der Waals surface area contributed by atoms with Crippen LogP contribution in [0.3, 0.4) is 0 Å². The Bertz CT molecular complexity index is 997. The van der Waals surface area contributed by atoms with E-state index < -0.39 is 5.97 Å². The van der Waals surface area contributed by atoms with Crippen molar-refractivity contribution in [3.63, 3.8) is 0 Å². The van der Waals surface area contributed by atoms with Crippen LogP contribution in [0.25, 0.3) is 0 Å². The highest BCUT2D eigenvalue weighted by atomic mass is 35.5. The summed E-state index contributed by atoms with van der Waals surface area (Å²) in [7, 11) is 1.38. The molecule has 0 N–H and O–H groups in total. The second-order valence-corrected chi connectivity index (χ2v) is 9.49. The first kappa shape index (κ1) is 23.0. The van der Waals surface area contributed by atoms with Gasteiger partial charge in [-0.15, -0.1) is 0 Å². The van der Waals surface area contributed by atoms with Gasteiger partial charge in [0.2, 0.25) is 5.88 Å². The van der Waals surface area contributed by atoms with E-state index in [0.29, 0.717) is 5.69 Å². The fraction of sp³-hybridized carbons (Fsp3) is 0.409. The SMILES string of the molecule is COc1c(Cl)ccc(Cl)c1C(=O)Oc1nc(C(C)(C)C)cc(C(C)(C)C)c1C#N. The highest BCUT2D eigenvalue weighted by Crippen LogP contribution is 2.37. The Morgan fingerprint density at radius 1 is 1.07 bits per heavy atom. The van der Waals surface area contributed by atoms with E-state index in [-0.39, 0.29) is 43.6 Å². The first-order valence-corrected chi connectivity index (χ1v) is 9.77. The second-order valence-electron chi connectivity index (χ2n) is 8.67. The lowest BCUT2D eigenvalue weighted by Gasteiger charge is -2.26. The molecular formula is C22H24Cl2N2O3. The summed E-state index contributed by atoms with van der Waals surface area (Å²) >= 11 is 12.3. The number of hydrogen-bond donors (Lipinski definition) is 0. The number of benzene rings is 1. The zero-order chi connectivity index (χ0) is 22.1. The molecule has 2 aromatic rings. The molecule has 0 aliphatic rings. The van der Waals surface area contributed by atoms with Gasteiger partial charge in [0.05, 0.1) is 22.8 Å². The van der Waals surface area contributed by atoms with Crippen molar-refractivity contribution in [1.29, 1.82) is 5.26 Å². The van der Waals surface area contributed by atoms with E-state index in [4.69, 9.17) is 32.7 Å². The number of hydrogen-bond acceptors (Lipinski definition) is 5. The highest BCUT2D eigenvalue weighted by Gasteiger charge is 2.29. The fourth-order valence-electron chi connectivity index (χ4n) is 2.74. The van der Waals surface area contributed by atoms with E-state index in [0.717, 1.165) is 5.56 Å². The fourth-order valence-corrected chi connectivity index (χ4v) is 3.20. The maximum atomic E-state index is 13.0. The first-order valence-electron chi connectivity index (χ1n) is 9.01. The molecule has 0 fully saturated rings. The number of halogens is 2. The van der Waals surface area contributed by atoms with Gasteiger partial charge in [-0.25, -0.2) is 9.78 Å². The maximum absolute atomic E-state index is 13.0. The van der Waals surface area contributed by atoms with Crippen molar-refractivity contribution in [1.82, 2.24) is 4.98 Å². The lowest BCUT2D eigenvalue weighted by Crippen LogP contribution is -2.22. The Balaban J connectivity index is 2.69. The number of pyridine rings is 1. The molecule has 0 atom stereocenters. The molecule has 1 aromatic carbocycles. The molecule has 5 nitrogen and oxygen atoms in total. The van der Waals surface area contributed by atoms with Crippen molar-refractivity contribution in [2.75, 3.05) is 7.11 Å². The van der Waals surface area contributed by atoms with Crippen molar-refractivity contribution in [2.24, 2.45) is 0 Å². The largest absolute Gasteiger partial charge is 0.494 e. The van der Waals surface area contributed by atoms with Crippen LogP contribution >= 0.6 is 23.2 Å². The van der Waals surface area contributed by atoms with Crippen molar-refractivity contribution >= 4 is 29.2 Å². The molecule has 29 heavy (non-hydrogen) atoms. The second kappa shape index (κ2) is 8.22. The van der Waals surface area contributed by atoms with Gasteiger partial charge < -0.3 is 9.47 Å². The molecule has 0 aliphatic heterocycles. The maximum Gasteiger partial charge on any atom is 0.350 e. The van der Waals surface area contributed by atoms with Crippen LogP contribution in [0, 0.1) is 11.3 Å². The lowest BCUT2D eigenvalue weighted by molar-refractivity contribution is 0.0722. The smallest absolute Gasteiger partial charge is 0.350 e. The third-order valence-electron chi connectivity index (χ3n) is 4.33. The number of methoxy groups -OCH3 is 1. The van der Waals surface area contributed by atoms with Crippen LogP contribution in [0.4, 0.5) is 0 Å². The van der Waals surface area contributed by atoms with E-state index in [1.54, 1.807) is 0 Å². The molecular weight excluding hydrogens is 411 g/mol. The molecule has 1 aromatic heterocycles. The monoisotopic (exact) mass is 434 g/mol. The summed E-state index contributed by atoms with van der Waals surface area (Å²) in [5.74, 6) is -0.761. The molecule has 7 heteroatoms. The predicted molar refractivity (Wildman–Crippen MR) is 114 cm³/mol. The van der Waals surface area contributed by atoms with Gasteiger partial charge in [0.15, 0.2) is 5.75 Å². The topological polar surface area (TPSA) is 72.2 Å². The summed E-state index contributed by atoms with van der Waals surface area (Å²) in [6.07, 6.45) is 0. The molecule has 0 radical (unpaired) electrons. The van der Waals surface area contributed by atoms with E-state index in [9.17, 15) is 10.1 Å². The zero-order valence-electron chi connectivity index (χ0n) is 17.6. The summed E-state index contributed by atoms with van der Waals surface area (Å²) in [4.78, 5) is 17.4. The Morgan fingerprint density at radius 2 is 1.66 bits per heavy atom. The van der Waals surface area contributed by atoms with Crippen molar-refractivity contribution in [3.05, 3.63) is 50.6 Å². The number of nitriles is 1. The molecule has 154 valence electrons. The number of esters is 1. The first-order chi connectivity index (χ1) is 13.3. The molecule has 0 spiro atoms. The number of ether oxygens (including phenoxy) is 2. The Labute approximate surface area is 181 Å². The van der Waals surface area contributed by atoms with Gasteiger partial charge in [-0.1, -0.05) is 64.7 Å². The minimum atomic E-state index is -0.802. The van der Waals surface area contributed by atoms with Crippen molar-refractivity contribution in [3.8, 4) is 17.7 Å². The average molecular weight is 435 g/mol. The van der Waals surface area contributed by atoms with Crippen LogP contribution in [-0.2, 0) is 10.8 Å². The summed E-state index contributed by atoms with van der Waals surface area (Å²) in [6, 6.07) is 7.03. The Morgan fingerprint density at radius 3 is 2.14 bits per heavy atom. The van der Waals surface area contributed by atoms with Crippen LogP contribution in [0.1, 0.15) is 68.7 Å². The molecule has 0 unspecified atom stereocenters. The number of nitrogens with zero attached hydrogens (tertiary/aromatic N) is 2. The summed E-state index contributed by atoms with van der Waals surface area (Å²) in [6.45, 7) is 11.9. The van der Waals surface area contributed by atoms with Crippen molar-refractivity contribution in [2.45, 2.75) is 52.4 Å². The summed E-state index contributed by atoms with van der Waals surface area (Å²) < 4.78 is 10.8. The zero-order valence-corrected chi connectivity index (χ0v) is 19.1. The Kier molecular flexibility index (Phi) is 6.51. The van der Waals surface area contributed by atoms with Crippen LogP contribution in [0.2, 0.25) is 10.0 Å².